The summed E-state index contributed by atoms with van der Waals surface area (Å²) >= 11 is 0. The highest BCUT2D eigenvalue weighted by molar-refractivity contribution is 5.41. The van der Waals surface area contributed by atoms with Crippen LogP contribution in [-0.4, -0.2) is 59.9 Å². The van der Waals surface area contributed by atoms with Crippen molar-refractivity contribution in [3.05, 3.63) is 12.4 Å². The van der Waals surface area contributed by atoms with Crippen LogP contribution >= 0.6 is 0 Å². The van der Waals surface area contributed by atoms with Gasteiger partial charge < -0.3 is 9.64 Å². The quantitative estimate of drug-likeness (QED) is 0.850. The Labute approximate surface area is 121 Å². The molecule has 1 fully saturated rings. The van der Waals surface area contributed by atoms with E-state index in [2.05, 4.69) is 9.97 Å². The molecule has 1 aliphatic rings. The lowest BCUT2D eigenvalue weighted by molar-refractivity contribution is -0.179. The van der Waals surface area contributed by atoms with E-state index in [0.29, 0.717) is 44.5 Å². The van der Waals surface area contributed by atoms with Gasteiger partial charge in [0.1, 0.15) is 18.2 Å². The van der Waals surface area contributed by atoms with Gasteiger partial charge in [0.15, 0.2) is 0 Å². The first kappa shape index (κ1) is 15.8. The molecule has 2 rings (SSSR count). The summed E-state index contributed by atoms with van der Waals surface area (Å²) in [6.07, 6.45) is -2.77. The lowest BCUT2D eigenvalue weighted by Gasteiger charge is -2.38. The highest BCUT2D eigenvalue weighted by atomic mass is 19.4. The molecule has 0 spiro atoms. The molecule has 0 bridgehead atoms. The molecule has 21 heavy (non-hydrogen) atoms. The minimum absolute atomic E-state index is 0.356. The largest absolute Gasteiger partial charge is 0.478 e. The number of alkyl halides is 3. The second-order valence-corrected chi connectivity index (χ2v) is 4.89. The van der Waals surface area contributed by atoms with Crippen LogP contribution < -0.4 is 9.64 Å². The average Bonchev–Trinajstić information content (AvgIpc) is 2.46. The van der Waals surface area contributed by atoms with Crippen LogP contribution in [-0.2, 0) is 0 Å². The van der Waals surface area contributed by atoms with Gasteiger partial charge in [0.25, 0.3) is 0 Å². The maximum atomic E-state index is 12.7. The van der Waals surface area contributed by atoms with Crippen molar-refractivity contribution in [2.75, 3.05) is 37.7 Å². The molecular formula is C13H19F3N4O. The third-order valence-corrected chi connectivity index (χ3v) is 3.58. The molecule has 118 valence electrons. The zero-order valence-electron chi connectivity index (χ0n) is 12.1. The summed E-state index contributed by atoms with van der Waals surface area (Å²) in [6.45, 7) is 5.29. The minimum atomic E-state index is -4.18. The zero-order chi connectivity index (χ0) is 15.5. The number of hydrogen-bond acceptors (Lipinski definition) is 5. The summed E-state index contributed by atoms with van der Waals surface area (Å²) in [5.74, 6) is 1.17. The van der Waals surface area contributed by atoms with Crippen LogP contribution in [0.2, 0.25) is 0 Å². The Morgan fingerprint density at radius 3 is 2.48 bits per heavy atom. The molecule has 0 saturated carbocycles. The fourth-order valence-electron chi connectivity index (χ4n) is 2.27. The summed E-state index contributed by atoms with van der Waals surface area (Å²) < 4.78 is 43.4. The van der Waals surface area contributed by atoms with Crippen LogP contribution in [0.3, 0.4) is 0 Å². The number of aromatic nitrogens is 2. The fourth-order valence-corrected chi connectivity index (χ4v) is 2.27. The summed E-state index contributed by atoms with van der Waals surface area (Å²) in [6, 6.07) is 0.302. The van der Waals surface area contributed by atoms with Crippen molar-refractivity contribution in [2.45, 2.75) is 26.1 Å². The van der Waals surface area contributed by atoms with Crippen molar-refractivity contribution in [3.8, 4) is 5.88 Å². The van der Waals surface area contributed by atoms with E-state index in [-0.39, 0.29) is 0 Å². The lowest BCUT2D eigenvalue weighted by atomic mass is 10.2. The molecule has 1 aliphatic heterocycles. The standard InChI is InChI=1S/C13H19F3N4O/c1-3-21-12-8-11(17-9-18-12)20-6-4-19(5-7-20)10(2)13(14,15)16/h8-10H,3-7H2,1-2H3. The number of piperazine rings is 1. The van der Waals surface area contributed by atoms with Gasteiger partial charge in [-0.2, -0.15) is 13.2 Å². The molecule has 1 unspecified atom stereocenters. The Morgan fingerprint density at radius 1 is 1.24 bits per heavy atom. The maximum absolute atomic E-state index is 12.7. The molecular weight excluding hydrogens is 285 g/mol. The van der Waals surface area contributed by atoms with Gasteiger partial charge in [-0.15, -0.1) is 0 Å². The van der Waals surface area contributed by atoms with Gasteiger partial charge in [-0.05, 0) is 13.8 Å². The van der Waals surface area contributed by atoms with Crippen molar-refractivity contribution in [1.29, 1.82) is 0 Å². The van der Waals surface area contributed by atoms with Gasteiger partial charge in [0.2, 0.25) is 5.88 Å². The summed E-state index contributed by atoms with van der Waals surface area (Å²) in [4.78, 5) is 11.5. The third-order valence-electron chi connectivity index (χ3n) is 3.58. The second-order valence-electron chi connectivity index (χ2n) is 4.89. The number of hydrogen-bond donors (Lipinski definition) is 0. The third kappa shape index (κ3) is 3.96. The second kappa shape index (κ2) is 6.46. The van der Waals surface area contributed by atoms with E-state index >= 15 is 0 Å². The Balaban J connectivity index is 1.96. The van der Waals surface area contributed by atoms with Crippen LogP contribution in [0.15, 0.2) is 12.4 Å². The first-order valence-electron chi connectivity index (χ1n) is 6.92. The first-order valence-corrected chi connectivity index (χ1v) is 6.92. The van der Waals surface area contributed by atoms with E-state index in [9.17, 15) is 13.2 Å². The molecule has 0 radical (unpaired) electrons. The normalized spacial score (nSPS) is 18.6. The minimum Gasteiger partial charge on any atom is -0.478 e. The van der Waals surface area contributed by atoms with E-state index in [4.69, 9.17) is 4.74 Å². The molecule has 0 aromatic carbocycles. The van der Waals surface area contributed by atoms with Gasteiger partial charge >= 0.3 is 6.18 Å². The molecule has 0 aliphatic carbocycles. The number of halogens is 3. The highest BCUT2D eigenvalue weighted by Gasteiger charge is 2.40. The molecule has 5 nitrogen and oxygen atoms in total. The van der Waals surface area contributed by atoms with Crippen LogP contribution in [0.4, 0.5) is 19.0 Å². The van der Waals surface area contributed by atoms with Crippen molar-refractivity contribution < 1.29 is 17.9 Å². The molecule has 0 N–H and O–H groups in total. The molecule has 0 amide bonds. The van der Waals surface area contributed by atoms with Gasteiger partial charge in [-0.3, -0.25) is 4.90 Å². The van der Waals surface area contributed by atoms with E-state index < -0.39 is 12.2 Å². The van der Waals surface area contributed by atoms with Crippen molar-refractivity contribution in [2.24, 2.45) is 0 Å². The van der Waals surface area contributed by atoms with Crippen molar-refractivity contribution in [1.82, 2.24) is 14.9 Å². The van der Waals surface area contributed by atoms with E-state index in [1.165, 1.54) is 18.2 Å². The van der Waals surface area contributed by atoms with Gasteiger partial charge in [0, 0.05) is 32.2 Å². The number of anilines is 1. The van der Waals surface area contributed by atoms with E-state index in [1.54, 1.807) is 6.07 Å². The SMILES string of the molecule is CCOc1cc(N2CCN(C(C)C(F)(F)F)CC2)ncn1. The number of ether oxygens (including phenoxy) is 1. The van der Waals surface area contributed by atoms with Crippen LogP contribution in [0.5, 0.6) is 5.88 Å². The zero-order valence-corrected chi connectivity index (χ0v) is 12.1. The van der Waals surface area contributed by atoms with E-state index in [1.807, 2.05) is 11.8 Å². The molecule has 1 aromatic heterocycles. The Morgan fingerprint density at radius 2 is 1.90 bits per heavy atom. The Hall–Kier alpha value is -1.57. The predicted molar refractivity (Wildman–Crippen MR) is 72.5 cm³/mol. The number of nitrogens with zero attached hydrogens (tertiary/aromatic N) is 4. The van der Waals surface area contributed by atoms with Gasteiger partial charge in [-0.1, -0.05) is 0 Å². The average molecular weight is 304 g/mol. The Bertz CT molecular complexity index is 461. The van der Waals surface area contributed by atoms with E-state index in [0.717, 1.165) is 0 Å². The Kier molecular flexibility index (Phi) is 4.87. The fraction of sp³-hybridized carbons (Fsp3) is 0.692. The smallest absolute Gasteiger partial charge is 0.403 e. The summed E-state index contributed by atoms with van der Waals surface area (Å²) in [5, 5.41) is 0. The van der Waals surface area contributed by atoms with Crippen LogP contribution in [0, 0.1) is 0 Å². The van der Waals surface area contributed by atoms with Crippen LogP contribution in [0.25, 0.3) is 0 Å². The lowest BCUT2D eigenvalue weighted by Crippen LogP contribution is -2.53. The monoisotopic (exact) mass is 304 g/mol. The molecule has 8 heteroatoms. The topological polar surface area (TPSA) is 41.5 Å². The molecule has 2 heterocycles. The van der Waals surface area contributed by atoms with Crippen LogP contribution in [0.1, 0.15) is 13.8 Å². The van der Waals surface area contributed by atoms with Crippen molar-refractivity contribution in [3.63, 3.8) is 0 Å². The van der Waals surface area contributed by atoms with Crippen molar-refractivity contribution >= 4 is 5.82 Å². The predicted octanol–water partition coefficient (Wildman–Crippen LogP) is 1.95. The molecule has 1 saturated heterocycles. The maximum Gasteiger partial charge on any atom is 0.403 e. The summed E-state index contributed by atoms with van der Waals surface area (Å²) in [5.41, 5.74) is 0. The number of rotatable bonds is 4. The van der Waals surface area contributed by atoms with Gasteiger partial charge in [-0.25, -0.2) is 9.97 Å². The molecule has 1 atom stereocenters. The van der Waals surface area contributed by atoms with Gasteiger partial charge in [0.05, 0.1) is 6.61 Å². The molecule has 1 aromatic rings. The highest BCUT2D eigenvalue weighted by Crippen LogP contribution is 2.26. The first-order chi connectivity index (χ1) is 9.91. The summed E-state index contributed by atoms with van der Waals surface area (Å²) in [7, 11) is 0.